The van der Waals surface area contributed by atoms with Crippen molar-refractivity contribution in [3.05, 3.63) is 0 Å². The molecule has 0 spiro atoms. The van der Waals surface area contributed by atoms with Gasteiger partial charge in [0.25, 0.3) is 5.63 Å². The second-order valence-electron chi connectivity index (χ2n) is 2.06. The number of hydrogen-bond donors (Lipinski definition) is 1. The maximum Gasteiger partial charge on any atom is 0.349 e. The maximum atomic E-state index is 12.6. The van der Waals surface area contributed by atoms with E-state index in [-0.39, 0.29) is 13.1 Å². The van der Waals surface area contributed by atoms with Gasteiger partial charge in [0.15, 0.2) is 0 Å². The van der Waals surface area contributed by atoms with Gasteiger partial charge in [-0.1, -0.05) is 25.4 Å². The Labute approximate surface area is 79.6 Å². The summed E-state index contributed by atoms with van der Waals surface area (Å²) in [5.41, 5.74) is -2.64. The van der Waals surface area contributed by atoms with Crippen LogP contribution < -0.4 is 5.96 Å². The molecule has 2 N–H and O–H groups in total. The van der Waals surface area contributed by atoms with Gasteiger partial charge >= 0.3 is 6.05 Å². The van der Waals surface area contributed by atoms with E-state index < -0.39 is 11.7 Å². The lowest BCUT2D eigenvalue weighted by atomic mass is 10.4. The predicted molar refractivity (Wildman–Crippen MR) is 43.9 cm³/mol. The van der Waals surface area contributed by atoms with Gasteiger partial charge in [-0.05, 0) is 0 Å². The minimum atomic E-state index is -3.55. The molecular formula is C6H13ClF4N2. The van der Waals surface area contributed by atoms with Gasteiger partial charge in [0, 0.05) is 13.1 Å². The van der Waals surface area contributed by atoms with Crippen LogP contribution in [0.15, 0.2) is 0 Å². The molecule has 0 amide bonds. The highest BCUT2D eigenvalue weighted by Crippen LogP contribution is 2.28. The first kappa shape index (κ1) is 15.4. The quantitative estimate of drug-likeness (QED) is 0.344. The summed E-state index contributed by atoms with van der Waals surface area (Å²) < 4.78 is 46.3. The molecule has 0 aromatic carbocycles. The van der Waals surface area contributed by atoms with Gasteiger partial charge < -0.3 is 0 Å². The Bertz CT molecular complexity index is 119. The van der Waals surface area contributed by atoms with Crippen LogP contribution in [0.2, 0.25) is 0 Å². The first-order chi connectivity index (χ1) is 5.96. The van der Waals surface area contributed by atoms with Gasteiger partial charge in [0.1, 0.15) is 0 Å². The SMILES string of the molecule is CCN(CC)C(F)(F)C(F)Cl.NF. The van der Waals surface area contributed by atoms with Crippen molar-refractivity contribution in [2.75, 3.05) is 13.1 Å². The van der Waals surface area contributed by atoms with Crippen molar-refractivity contribution < 1.29 is 17.7 Å². The third-order valence-electron chi connectivity index (χ3n) is 1.45. The van der Waals surface area contributed by atoms with Crippen molar-refractivity contribution in [1.82, 2.24) is 4.90 Å². The Morgan fingerprint density at radius 1 is 1.31 bits per heavy atom. The molecule has 0 rings (SSSR count). The molecule has 7 heteroatoms. The molecule has 2 nitrogen and oxygen atoms in total. The van der Waals surface area contributed by atoms with Gasteiger partial charge in [0.05, 0.1) is 0 Å². The lowest BCUT2D eigenvalue weighted by molar-refractivity contribution is -0.167. The number of hydrogen-bond acceptors (Lipinski definition) is 2. The fourth-order valence-corrected chi connectivity index (χ4v) is 0.921. The zero-order valence-electron chi connectivity index (χ0n) is 7.41. The van der Waals surface area contributed by atoms with E-state index in [1.54, 1.807) is 0 Å². The summed E-state index contributed by atoms with van der Waals surface area (Å²) in [6, 6.07) is -3.55. The van der Waals surface area contributed by atoms with Crippen molar-refractivity contribution in [2.45, 2.75) is 25.5 Å². The summed E-state index contributed by atoms with van der Waals surface area (Å²) in [7, 11) is 0. The highest BCUT2D eigenvalue weighted by Gasteiger charge is 2.43. The molecule has 1 atom stereocenters. The third kappa shape index (κ3) is 4.64. The zero-order valence-corrected chi connectivity index (χ0v) is 8.16. The van der Waals surface area contributed by atoms with Crippen molar-refractivity contribution >= 4 is 11.6 Å². The first-order valence-corrected chi connectivity index (χ1v) is 4.03. The van der Waals surface area contributed by atoms with E-state index in [9.17, 15) is 13.2 Å². The molecule has 0 bridgehead atoms. The van der Waals surface area contributed by atoms with E-state index in [1.165, 1.54) is 13.8 Å². The number of nitrogens with zero attached hydrogens (tertiary/aromatic N) is 1. The molecule has 0 heterocycles. The smallest absolute Gasteiger partial charge is 0.241 e. The van der Waals surface area contributed by atoms with Crippen LogP contribution in [-0.2, 0) is 0 Å². The second-order valence-corrected chi connectivity index (χ2v) is 2.44. The second kappa shape index (κ2) is 7.34. The zero-order chi connectivity index (χ0) is 11.1. The van der Waals surface area contributed by atoms with E-state index in [2.05, 4.69) is 17.6 Å². The molecule has 0 aliphatic rings. The molecule has 0 radical (unpaired) electrons. The van der Waals surface area contributed by atoms with E-state index >= 15 is 0 Å². The van der Waals surface area contributed by atoms with Crippen LogP contribution in [0.4, 0.5) is 17.7 Å². The molecule has 1 unspecified atom stereocenters. The molecule has 0 aromatic rings. The minimum Gasteiger partial charge on any atom is -0.241 e. The lowest BCUT2D eigenvalue weighted by Crippen LogP contribution is -2.46. The van der Waals surface area contributed by atoms with E-state index in [0.717, 1.165) is 0 Å². The van der Waals surface area contributed by atoms with Gasteiger partial charge in [-0.25, -0.2) is 9.29 Å². The van der Waals surface area contributed by atoms with Crippen LogP contribution >= 0.6 is 11.6 Å². The molecule has 0 fully saturated rings. The van der Waals surface area contributed by atoms with Crippen molar-refractivity contribution in [3.8, 4) is 0 Å². The third-order valence-corrected chi connectivity index (χ3v) is 1.71. The van der Waals surface area contributed by atoms with Gasteiger partial charge in [0.2, 0.25) is 0 Å². The summed E-state index contributed by atoms with van der Waals surface area (Å²) in [5, 5.41) is 0. The molecule has 0 aromatic heterocycles. The molecule has 0 saturated carbocycles. The number of alkyl halides is 4. The van der Waals surface area contributed by atoms with Crippen LogP contribution in [0.3, 0.4) is 0 Å². The van der Waals surface area contributed by atoms with E-state index in [0.29, 0.717) is 4.90 Å². The van der Waals surface area contributed by atoms with E-state index in [1.807, 2.05) is 0 Å². The summed E-state index contributed by atoms with van der Waals surface area (Å²) in [6.45, 7) is 3.21. The summed E-state index contributed by atoms with van der Waals surface area (Å²) in [5.74, 6) is 3.00. The highest BCUT2D eigenvalue weighted by atomic mass is 35.5. The predicted octanol–water partition coefficient (Wildman–Crippen LogP) is 2.29. The van der Waals surface area contributed by atoms with Crippen LogP contribution in [-0.4, -0.2) is 29.7 Å². The molecule has 82 valence electrons. The lowest BCUT2D eigenvalue weighted by Gasteiger charge is -2.28. The standard InChI is InChI=1S/C6H11ClF3N.FH2N/c1-3-11(4-2)6(9,10)5(7)8;1-2/h5H,3-4H2,1-2H3;2H2. The summed E-state index contributed by atoms with van der Waals surface area (Å²) in [4.78, 5) is 0.671. The molecule has 13 heavy (non-hydrogen) atoms. The van der Waals surface area contributed by atoms with Gasteiger partial charge in [-0.3, -0.25) is 0 Å². The number of halogens is 5. The largest absolute Gasteiger partial charge is 0.349 e. The average Bonchev–Trinajstić information content (AvgIpc) is 2.09. The van der Waals surface area contributed by atoms with Crippen molar-refractivity contribution in [2.24, 2.45) is 5.96 Å². The van der Waals surface area contributed by atoms with Gasteiger partial charge in [-0.15, -0.1) is 4.48 Å². The first-order valence-electron chi connectivity index (χ1n) is 3.59. The van der Waals surface area contributed by atoms with E-state index in [4.69, 9.17) is 4.48 Å². The Morgan fingerprint density at radius 2 is 1.62 bits per heavy atom. The Hall–Kier alpha value is -0.0700. The Balaban J connectivity index is 0. The van der Waals surface area contributed by atoms with Crippen LogP contribution in [0, 0.1) is 0 Å². The fraction of sp³-hybridized carbons (Fsp3) is 1.00. The Morgan fingerprint density at radius 3 is 1.69 bits per heavy atom. The molecular weight excluding hydrogens is 212 g/mol. The number of nitrogens with two attached hydrogens (primary N) is 1. The Kier molecular flexibility index (Phi) is 8.70. The normalized spacial score (nSPS) is 13.6. The fourth-order valence-electron chi connectivity index (χ4n) is 0.783. The van der Waals surface area contributed by atoms with Crippen LogP contribution in [0.25, 0.3) is 0 Å². The van der Waals surface area contributed by atoms with Crippen molar-refractivity contribution in [3.63, 3.8) is 0 Å². The molecule has 0 saturated heterocycles. The number of rotatable bonds is 4. The topological polar surface area (TPSA) is 29.3 Å². The molecule has 0 aliphatic heterocycles. The van der Waals surface area contributed by atoms with Crippen LogP contribution in [0.1, 0.15) is 13.8 Å². The van der Waals surface area contributed by atoms with Crippen LogP contribution in [0.5, 0.6) is 0 Å². The maximum absolute atomic E-state index is 12.6. The summed E-state index contributed by atoms with van der Waals surface area (Å²) >= 11 is 4.66. The highest BCUT2D eigenvalue weighted by molar-refractivity contribution is 6.20. The van der Waals surface area contributed by atoms with Crippen molar-refractivity contribution in [1.29, 1.82) is 0 Å². The summed E-state index contributed by atoms with van der Waals surface area (Å²) in [6.07, 6.45) is 0. The minimum absolute atomic E-state index is 0.0800. The van der Waals surface area contributed by atoms with Gasteiger partial charge in [-0.2, -0.15) is 14.7 Å². The molecule has 0 aliphatic carbocycles. The monoisotopic (exact) mass is 224 g/mol. The average molecular weight is 225 g/mol.